The molecule has 0 saturated heterocycles. The molecule has 0 radical (unpaired) electrons. The number of amides is 2. The Morgan fingerprint density at radius 3 is 2.41 bits per heavy atom. The highest BCUT2D eigenvalue weighted by molar-refractivity contribution is 5.85. The predicted molar refractivity (Wildman–Crippen MR) is 116 cm³/mol. The van der Waals surface area contributed by atoms with Gasteiger partial charge in [0.2, 0.25) is 5.91 Å². The Hall–Kier alpha value is -2.73. The number of nitrogen functional groups attached to an aromatic ring is 1. The van der Waals surface area contributed by atoms with Crippen LogP contribution in [0.5, 0.6) is 5.75 Å². The molecule has 29 heavy (non-hydrogen) atoms. The molecule has 6 nitrogen and oxygen atoms in total. The molecule has 0 heterocycles. The minimum absolute atomic E-state index is 0. The van der Waals surface area contributed by atoms with E-state index in [-0.39, 0.29) is 30.8 Å². The molecule has 3 rings (SSSR count). The monoisotopic (exact) mass is 417 g/mol. The molecule has 1 saturated carbocycles. The van der Waals surface area contributed by atoms with Crippen LogP contribution in [-0.4, -0.2) is 31.0 Å². The minimum atomic E-state index is -0.0773. The van der Waals surface area contributed by atoms with Crippen molar-refractivity contribution in [3.8, 4) is 5.75 Å². The van der Waals surface area contributed by atoms with E-state index >= 15 is 0 Å². The summed E-state index contributed by atoms with van der Waals surface area (Å²) in [5.74, 6) is 0.607. The quantitative estimate of drug-likeness (QED) is 0.518. The van der Waals surface area contributed by atoms with E-state index in [1.165, 1.54) is 0 Å². The van der Waals surface area contributed by atoms with Crippen LogP contribution in [-0.2, 0) is 22.4 Å². The van der Waals surface area contributed by atoms with Gasteiger partial charge in [-0.25, -0.2) is 0 Å². The van der Waals surface area contributed by atoms with Gasteiger partial charge in [-0.2, -0.15) is 0 Å². The molecule has 1 aliphatic carbocycles. The number of nitrogens with two attached hydrogens (primary N) is 1. The van der Waals surface area contributed by atoms with Gasteiger partial charge in [0.05, 0.1) is 0 Å². The SMILES string of the molecule is Cl.Nc1ccccc1CCC(=O)NCCc1ccc(OCC(=O)NC2CC2)cc1. The number of aryl methyl sites for hydroxylation is 1. The third-order valence-electron chi connectivity index (χ3n) is 4.65. The lowest BCUT2D eigenvalue weighted by Gasteiger charge is -2.09. The number of hydrogen-bond donors (Lipinski definition) is 3. The van der Waals surface area contributed by atoms with Gasteiger partial charge in [-0.05, 0) is 55.0 Å². The number of nitrogens with one attached hydrogen (secondary N) is 2. The second-order valence-corrected chi connectivity index (χ2v) is 7.07. The summed E-state index contributed by atoms with van der Waals surface area (Å²) >= 11 is 0. The van der Waals surface area contributed by atoms with Gasteiger partial charge in [0, 0.05) is 24.7 Å². The maximum Gasteiger partial charge on any atom is 0.258 e. The molecule has 1 fully saturated rings. The predicted octanol–water partition coefficient (Wildman–Crippen LogP) is 2.64. The number of ether oxygens (including phenoxy) is 1. The molecule has 2 aromatic rings. The van der Waals surface area contributed by atoms with Crippen molar-refractivity contribution in [1.29, 1.82) is 0 Å². The van der Waals surface area contributed by atoms with Gasteiger partial charge < -0.3 is 21.1 Å². The fourth-order valence-electron chi connectivity index (χ4n) is 2.84. The molecule has 2 aromatic carbocycles. The molecular weight excluding hydrogens is 390 g/mol. The molecule has 156 valence electrons. The summed E-state index contributed by atoms with van der Waals surface area (Å²) in [7, 11) is 0. The van der Waals surface area contributed by atoms with E-state index in [0.29, 0.717) is 31.2 Å². The lowest BCUT2D eigenvalue weighted by atomic mass is 10.1. The van der Waals surface area contributed by atoms with E-state index in [9.17, 15) is 9.59 Å². The third kappa shape index (κ3) is 8.03. The van der Waals surface area contributed by atoms with Crippen LogP contribution in [0.1, 0.15) is 30.4 Å². The van der Waals surface area contributed by atoms with Crippen LogP contribution in [0.4, 0.5) is 5.69 Å². The molecule has 0 spiro atoms. The Bertz CT molecular complexity index is 807. The zero-order chi connectivity index (χ0) is 19.8. The highest BCUT2D eigenvalue weighted by Crippen LogP contribution is 2.18. The van der Waals surface area contributed by atoms with E-state index in [0.717, 1.165) is 36.1 Å². The van der Waals surface area contributed by atoms with E-state index in [1.54, 1.807) is 0 Å². The molecule has 4 N–H and O–H groups in total. The van der Waals surface area contributed by atoms with Crippen molar-refractivity contribution in [2.75, 3.05) is 18.9 Å². The number of anilines is 1. The van der Waals surface area contributed by atoms with Crippen molar-refractivity contribution < 1.29 is 14.3 Å². The van der Waals surface area contributed by atoms with E-state index in [4.69, 9.17) is 10.5 Å². The van der Waals surface area contributed by atoms with Crippen molar-refractivity contribution in [3.05, 3.63) is 59.7 Å². The maximum absolute atomic E-state index is 12.0. The molecule has 1 aliphatic rings. The summed E-state index contributed by atoms with van der Waals surface area (Å²) in [5.41, 5.74) is 8.72. The molecule has 7 heteroatoms. The smallest absolute Gasteiger partial charge is 0.258 e. The molecule has 0 atom stereocenters. The first-order chi connectivity index (χ1) is 13.6. The second-order valence-electron chi connectivity index (χ2n) is 7.07. The summed E-state index contributed by atoms with van der Waals surface area (Å²) in [6, 6.07) is 15.5. The van der Waals surface area contributed by atoms with Crippen molar-refractivity contribution in [3.63, 3.8) is 0 Å². The maximum atomic E-state index is 12.0. The average molecular weight is 418 g/mol. The second kappa shape index (κ2) is 11.3. The number of para-hydroxylation sites is 1. The number of carbonyl (C=O) groups is 2. The van der Waals surface area contributed by atoms with Crippen LogP contribution in [0, 0.1) is 0 Å². The summed E-state index contributed by atoms with van der Waals surface area (Å²) in [5, 5.41) is 5.82. The Labute approximate surface area is 177 Å². The van der Waals surface area contributed by atoms with Crippen LogP contribution in [0.2, 0.25) is 0 Å². The van der Waals surface area contributed by atoms with Gasteiger partial charge in [-0.3, -0.25) is 9.59 Å². The van der Waals surface area contributed by atoms with Crippen LogP contribution in [0.25, 0.3) is 0 Å². The van der Waals surface area contributed by atoms with Crippen LogP contribution in [0.15, 0.2) is 48.5 Å². The summed E-state index contributed by atoms with van der Waals surface area (Å²) in [4.78, 5) is 23.6. The third-order valence-corrected chi connectivity index (χ3v) is 4.65. The van der Waals surface area contributed by atoms with Gasteiger partial charge in [0.25, 0.3) is 5.91 Å². The average Bonchev–Trinajstić information content (AvgIpc) is 3.51. The highest BCUT2D eigenvalue weighted by Gasteiger charge is 2.23. The fraction of sp³-hybridized carbons (Fsp3) is 0.364. The van der Waals surface area contributed by atoms with Gasteiger partial charge in [-0.15, -0.1) is 12.4 Å². The van der Waals surface area contributed by atoms with Crippen LogP contribution >= 0.6 is 12.4 Å². The summed E-state index contributed by atoms with van der Waals surface area (Å²) in [6.07, 6.45) is 3.93. The van der Waals surface area contributed by atoms with Gasteiger partial charge in [0.15, 0.2) is 6.61 Å². The van der Waals surface area contributed by atoms with Crippen LogP contribution < -0.4 is 21.1 Å². The number of rotatable bonds is 10. The zero-order valence-corrected chi connectivity index (χ0v) is 17.2. The molecule has 2 amide bonds. The molecule has 0 unspecified atom stereocenters. The normalized spacial score (nSPS) is 12.6. The number of carbonyl (C=O) groups excluding carboxylic acids is 2. The lowest BCUT2D eigenvalue weighted by molar-refractivity contribution is -0.123. The summed E-state index contributed by atoms with van der Waals surface area (Å²) < 4.78 is 5.49. The summed E-state index contributed by atoms with van der Waals surface area (Å²) in [6.45, 7) is 0.616. The van der Waals surface area contributed by atoms with Gasteiger partial charge >= 0.3 is 0 Å². The molecule has 0 bridgehead atoms. The van der Waals surface area contributed by atoms with E-state index < -0.39 is 0 Å². The fourth-order valence-corrected chi connectivity index (χ4v) is 2.84. The Morgan fingerprint density at radius 1 is 1.00 bits per heavy atom. The first-order valence-electron chi connectivity index (χ1n) is 9.71. The molecule has 0 aliphatic heterocycles. The van der Waals surface area contributed by atoms with Crippen molar-refractivity contribution >= 4 is 29.9 Å². The topological polar surface area (TPSA) is 93.5 Å². The molecular formula is C22H28ClN3O3. The first kappa shape index (κ1) is 22.6. The first-order valence-corrected chi connectivity index (χ1v) is 9.71. The Kier molecular flexibility index (Phi) is 8.80. The van der Waals surface area contributed by atoms with E-state index in [1.807, 2.05) is 48.5 Å². The van der Waals surface area contributed by atoms with Crippen molar-refractivity contribution in [1.82, 2.24) is 10.6 Å². The van der Waals surface area contributed by atoms with Gasteiger partial charge in [-0.1, -0.05) is 30.3 Å². The zero-order valence-electron chi connectivity index (χ0n) is 16.4. The molecule has 0 aromatic heterocycles. The highest BCUT2D eigenvalue weighted by atomic mass is 35.5. The Balaban J connectivity index is 0.00000300. The van der Waals surface area contributed by atoms with Crippen molar-refractivity contribution in [2.24, 2.45) is 0 Å². The minimum Gasteiger partial charge on any atom is -0.484 e. The number of benzene rings is 2. The Morgan fingerprint density at radius 2 is 1.72 bits per heavy atom. The van der Waals surface area contributed by atoms with Crippen molar-refractivity contribution in [2.45, 2.75) is 38.1 Å². The van der Waals surface area contributed by atoms with Gasteiger partial charge in [0.1, 0.15) is 5.75 Å². The van der Waals surface area contributed by atoms with E-state index in [2.05, 4.69) is 10.6 Å². The number of hydrogen-bond acceptors (Lipinski definition) is 4. The standard InChI is InChI=1S/C22H27N3O3.ClH/c23-20-4-2-1-3-17(20)7-12-21(26)24-14-13-16-5-10-19(11-6-16)28-15-22(27)25-18-8-9-18;/h1-6,10-11,18H,7-9,12-15,23H2,(H,24,26)(H,25,27);1H. The largest absolute Gasteiger partial charge is 0.484 e. The lowest BCUT2D eigenvalue weighted by Crippen LogP contribution is -2.30. The number of halogens is 1. The van der Waals surface area contributed by atoms with Crippen LogP contribution in [0.3, 0.4) is 0 Å².